The van der Waals surface area contributed by atoms with Crippen molar-refractivity contribution in [2.75, 3.05) is 17.1 Å². The molecule has 31 heavy (non-hydrogen) atoms. The highest BCUT2D eigenvalue weighted by Gasteiger charge is 2.20. The van der Waals surface area contributed by atoms with Crippen molar-refractivity contribution in [1.29, 1.82) is 0 Å². The number of para-hydroxylation sites is 1. The van der Waals surface area contributed by atoms with Gasteiger partial charge in [0.25, 0.3) is 5.91 Å². The summed E-state index contributed by atoms with van der Waals surface area (Å²) in [5, 5.41) is 3.90. The first kappa shape index (κ1) is 22.5. The molecule has 0 aliphatic carbocycles. The maximum atomic E-state index is 12.3. The zero-order chi connectivity index (χ0) is 22.3. The van der Waals surface area contributed by atoms with Gasteiger partial charge in [-0.05, 0) is 42.5 Å². The molecule has 160 valence electrons. The Labute approximate surface area is 189 Å². The number of carbonyl (C=O) groups excluding carboxylic acids is 1. The number of benzene rings is 3. The predicted octanol–water partition coefficient (Wildman–Crippen LogP) is 4.16. The van der Waals surface area contributed by atoms with Gasteiger partial charge in [0.05, 0.1) is 18.2 Å². The summed E-state index contributed by atoms with van der Waals surface area (Å²) in [6.45, 7) is -0.412. The SMILES string of the molecule is CS(=O)(=O)N(CC(=O)NN=Cc1ccccc1Br)c1ccc(Oc2ccccc2)cc1. The summed E-state index contributed by atoms with van der Waals surface area (Å²) in [5.74, 6) is 0.641. The summed E-state index contributed by atoms with van der Waals surface area (Å²) in [6.07, 6.45) is 2.52. The summed E-state index contributed by atoms with van der Waals surface area (Å²) < 4.78 is 32.0. The fraction of sp³-hybridized carbons (Fsp3) is 0.0909. The van der Waals surface area contributed by atoms with E-state index in [2.05, 4.69) is 26.5 Å². The minimum absolute atomic E-state index is 0.341. The fourth-order valence-corrected chi connectivity index (χ4v) is 3.87. The molecule has 3 aromatic rings. The quantitative estimate of drug-likeness (QED) is 0.370. The van der Waals surface area contributed by atoms with Crippen molar-refractivity contribution in [3.05, 3.63) is 88.9 Å². The molecule has 0 saturated heterocycles. The van der Waals surface area contributed by atoms with Crippen molar-refractivity contribution in [2.24, 2.45) is 5.10 Å². The average molecular weight is 502 g/mol. The molecular formula is C22H20BrN3O4S. The molecule has 0 unspecified atom stereocenters. The Morgan fingerprint density at radius 3 is 2.26 bits per heavy atom. The van der Waals surface area contributed by atoms with Gasteiger partial charge in [-0.1, -0.05) is 52.3 Å². The molecule has 0 atom stereocenters. The van der Waals surface area contributed by atoms with Crippen LogP contribution in [0, 0.1) is 0 Å². The van der Waals surface area contributed by atoms with Gasteiger partial charge in [0.15, 0.2) is 0 Å². The number of nitrogens with one attached hydrogen (secondary N) is 1. The smallest absolute Gasteiger partial charge is 0.260 e. The number of sulfonamides is 1. The molecule has 9 heteroatoms. The number of amides is 1. The van der Waals surface area contributed by atoms with Crippen LogP contribution in [-0.4, -0.2) is 33.3 Å². The Bertz CT molecular complexity index is 1170. The fourth-order valence-electron chi connectivity index (χ4n) is 2.62. The van der Waals surface area contributed by atoms with Gasteiger partial charge < -0.3 is 4.74 Å². The first-order valence-corrected chi connectivity index (χ1v) is 11.8. The molecule has 3 aromatic carbocycles. The Morgan fingerprint density at radius 1 is 1.00 bits per heavy atom. The summed E-state index contributed by atoms with van der Waals surface area (Å²) in [4.78, 5) is 12.3. The van der Waals surface area contributed by atoms with Crippen molar-refractivity contribution < 1.29 is 17.9 Å². The van der Waals surface area contributed by atoms with E-state index >= 15 is 0 Å². The van der Waals surface area contributed by atoms with Crippen LogP contribution in [0.5, 0.6) is 11.5 Å². The van der Waals surface area contributed by atoms with Crippen molar-refractivity contribution in [3.8, 4) is 11.5 Å². The van der Waals surface area contributed by atoms with E-state index in [4.69, 9.17) is 4.74 Å². The van der Waals surface area contributed by atoms with E-state index in [0.717, 1.165) is 20.6 Å². The Balaban J connectivity index is 1.67. The number of rotatable bonds is 8. The van der Waals surface area contributed by atoms with Crippen molar-refractivity contribution in [2.45, 2.75) is 0 Å². The molecule has 0 saturated carbocycles. The molecule has 0 aliphatic heterocycles. The van der Waals surface area contributed by atoms with Crippen LogP contribution >= 0.6 is 15.9 Å². The first-order valence-electron chi connectivity index (χ1n) is 9.20. The molecule has 3 rings (SSSR count). The van der Waals surface area contributed by atoms with Gasteiger partial charge in [0.1, 0.15) is 18.0 Å². The first-order chi connectivity index (χ1) is 14.8. The number of carbonyl (C=O) groups is 1. The van der Waals surface area contributed by atoms with Crippen molar-refractivity contribution >= 4 is 43.8 Å². The maximum Gasteiger partial charge on any atom is 0.260 e. The number of hydrogen-bond acceptors (Lipinski definition) is 5. The number of nitrogens with zero attached hydrogens (tertiary/aromatic N) is 2. The topological polar surface area (TPSA) is 88.1 Å². The normalized spacial score (nSPS) is 11.3. The monoisotopic (exact) mass is 501 g/mol. The van der Waals surface area contributed by atoms with Gasteiger partial charge in [-0.2, -0.15) is 5.10 Å². The third-order valence-electron chi connectivity index (χ3n) is 4.09. The van der Waals surface area contributed by atoms with Gasteiger partial charge in [-0.3, -0.25) is 9.10 Å². The van der Waals surface area contributed by atoms with E-state index in [1.54, 1.807) is 24.3 Å². The van der Waals surface area contributed by atoms with E-state index in [0.29, 0.717) is 17.2 Å². The van der Waals surface area contributed by atoms with Crippen LogP contribution < -0.4 is 14.5 Å². The molecule has 0 heterocycles. The van der Waals surface area contributed by atoms with Gasteiger partial charge in [0.2, 0.25) is 10.0 Å². The number of ether oxygens (including phenoxy) is 1. The van der Waals surface area contributed by atoms with Crippen LogP contribution in [0.25, 0.3) is 0 Å². The molecule has 1 N–H and O–H groups in total. The molecule has 0 aliphatic rings. The molecular weight excluding hydrogens is 482 g/mol. The van der Waals surface area contributed by atoms with Crippen LogP contribution in [0.1, 0.15) is 5.56 Å². The van der Waals surface area contributed by atoms with Gasteiger partial charge >= 0.3 is 0 Å². The lowest BCUT2D eigenvalue weighted by molar-refractivity contribution is -0.119. The lowest BCUT2D eigenvalue weighted by Gasteiger charge is -2.21. The average Bonchev–Trinajstić information content (AvgIpc) is 2.74. The maximum absolute atomic E-state index is 12.3. The van der Waals surface area contributed by atoms with Crippen LogP contribution in [0.2, 0.25) is 0 Å². The van der Waals surface area contributed by atoms with Gasteiger partial charge in [-0.15, -0.1) is 0 Å². The van der Waals surface area contributed by atoms with Gasteiger partial charge in [-0.25, -0.2) is 13.8 Å². The summed E-state index contributed by atoms with van der Waals surface area (Å²) in [6, 6.07) is 23.0. The summed E-state index contributed by atoms with van der Waals surface area (Å²) >= 11 is 3.39. The number of halogens is 1. The Hall–Kier alpha value is -3.17. The highest BCUT2D eigenvalue weighted by molar-refractivity contribution is 9.10. The van der Waals surface area contributed by atoms with Crippen molar-refractivity contribution in [3.63, 3.8) is 0 Å². The van der Waals surface area contributed by atoms with Crippen LogP contribution in [0.4, 0.5) is 5.69 Å². The second-order valence-electron chi connectivity index (χ2n) is 6.49. The molecule has 0 spiro atoms. The number of hydrazone groups is 1. The van der Waals surface area contributed by atoms with Gasteiger partial charge in [0, 0.05) is 10.0 Å². The van der Waals surface area contributed by atoms with Crippen LogP contribution in [0.15, 0.2) is 88.4 Å². The third kappa shape index (κ3) is 6.66. The molecule has 0 radical (unpaired) electrons. The van der Waals surface area contributed by atoms with Crippen molar-refractivity contribution in [1.82, 2.24) is 5.43 Å². The van der Waals surface area contributed by atoms with E-state index in [1.807, 2.05) is 54.6 Å². The number of anilines is 1. The highest BCUT2D eigenvalue weighted by Crippen LogP contribution is 2.25. The van der Waals surface area contributed by atoms with Crippen LogP contribution in [0.3, 0.4) is 0 Å². The minimum Gasteiger partial charge on any atom is -0.457 e. The van der Waals surface area contributed by atoms with Crippen LogP contribution in [-0.2, 0) is 14.8 Å². The van der Waals surface area contributed by atoms with E-state index in [1.165, 1.54) is 6.21 Å². The molecule has 0 fully saturated rings. The second kappa shape index (κ2) is 10.2. The zero-order valence-corrected chi connectivity index (χ0v) is 19.0. The molecule has 1 amide bonds. The lowest BCUT2D eigenvalue weighted by Crippen LogP contribution is -2.39. The predicted molar refractivity (Wildman–Crippen MR) is 125 cm³/mol. The third-order valence-corrected chi connectivity index (χ3v) is 5.95. The zero-order valence-electron chi connectivity index (χ0n) is 16.6. The summed E-state index contributed by atoms with van der Waals surface area (Å²) in [5.41, 5.74) is 3.47. The van der Waals surface area contributed by atoms with E-state index in [-0.39, 0.29) is 0 Å². The Morgan fingerprint density at radius 2 is 1.61 bits per heavy atom. The Kier molecular flexibility index (Phi) is 7.43. The summed E-state index contributed by atoms with van der Waals surface area (Å²) in [7, 11) is -3.70. The number of hydrogen-bond donors (Lipinski definition) is 1. The van der Waals surface area contributed by atoms with E-state index < -0.39 is 22.5 Å². The standard InChI is InChI=1S/C22H20BrN3O4S/c1-31(28,29)26(16-22(27)25-24-15-17-7-5-6-10-21(17)23)18-11-13-20(14-12-18)30-19-8-3-2-4-9-19/h2-15H,16H2,1H3,(H,25,27). The molecule has 7 nitrogen and oxygen atoms in total. The minimum atomic E-state index is -3.70. The molecule has 0 aromatic heterocycles. The van der Waals surface area contributed by atoms with E-state index in [9.17, 15) is 13.2 Å². The largest absolute Gasteiger partial charge is 0.457 e. The second-order valence-corrected chi connectivity index (χ2v) is 9.25. The lowest BCUT2D eigenvalue weighted by atomic mass is 10.2. The molecule has 0 bridgehead atoms. The highest BCUT2D eigenvalue weighted by atomic mass is 79.9.